The van der Waals surface area contributed by atoms with Crippen molar-refractivity contribution in [2.24, 2.45) is 0 Å². The Morgan fingerprint density at radius 2 is 1.81 bits per heavy atom. The molecule has 1 N–H and O–H groups in total. The Bertz CT molecular complexity index is 1230. The highest BCUT2D eigenvalue weighted by atomic mass is 19.1. The zero-order valence-electron chi connectivity index (χ0n) is 20.0. The lowest BCUT2D eigenvalue weighted by Crippen LogP contribution is -2.52. The molecule has 188 valence electrons. The molecule has 2 aromatic carbocycles. The second-order valence-corrected chi connectivity index (χ2v) is 10.1. The fraction of sp³-hybridized carbons (Fsp3) is 0.444. The quantitative estimate of drug-likeness (QED) is 0.661. The lowest BCUT2D eigenvalue weighted by molar-refractivity contribution is -0.136. The first-order chi connectivity index (χ1) is 17.5. The van der Waals surface area contributed by atoms with Gasteiger partial charge in [-0.3, -0.25) is 24.6 Å². The Hall–Kier alpha value is -3.46. The van der Waals surface area contributed by atoms with Crippen molar-refractivity contribution in [2.45, 2.75) is 50.9 Å². The van der Waals surface area contributed by atoms with Gasteiger partial charge in [-0.15, -0.1) is 0 Å². The van der Waals surface area contributed by atoms with Crippen molar-refractivity contribution in [3.8, 4) is 5.75 Å². The molecule has 4 aliphatic rings. The van der Waals surface area contributed by atoms with E-state index in [9.17, 15) is 18.8 Å². The summed E-state index contributed by atoms with van der Waals surface area (Å²) in [4.78, 5) is 43.1. The number of nitrogens with zero attached hydrogens (tertiary/aromatic N) is 3. The van der Waals surface area contributed by atoms with Crippen LogP contribution in [0.3, 0.4) is 0 Å². The molecule has 36 heavy (non-hydrogen) atoms. The number of anilines is 1. The number of halogens is 1. The van der Waals surface area contributed by atoms with Crippen LogP contribution in [-0.2, 0) is 22.7 Å². The normalized spacial score (nSPS) is 22.8. The van der Waals surface area contributed by atoms with Gasteiger partial charge in [-0.25, -0.2) is 4.39 Å². The van der Waals surface area contributed by atoms with Gasteiger partial charge in [0.2, 0.25) is 11.8 Å². The number of fused-ring (bicyclic) bond motifs is 2. The molecule has 0 aliphatic carbocycles. The van der Waals surface area contributed by atoms with Crippen LogP contribution in [0.5, 0.6) is 5.75 Å². The molecule has 6 rings (SSSR count). The van der Waals surface area contributed by atoms with Crippen LogP contribution < -0.4 is 15.0 Å². The van der Waals surface area contributed by atoms with Gasteiger partial charge in [0.1, 0.15) is 24.2 Å². The standard InChI is InChI=1S/C27H29FN4O4/c28-19-2-4-22-24(14-19)36-12-11-31(22)20-7-9-30(10-8-20)15-17-1-3-21-18(13-17)16-32(27(21)35)23-5-6-25(33)29-26(23)34/h1-4,13-14,20,23H,5-12,15-16H2,(H,29,33,34). The highest BCUT2D eigenvalue weighted by molar-refractivity contribution is 6.05. The number of imide groups is 1. The predicted octanol–water partition coefficient (Wildman–Crippen LogP) is 2.45. The zero-order valence-corrected chi connectivity index (χ0v) is 20.0. The van der Waals surface area contributed by atoms with Gasteiger partial charge < -0.3 is 14.5 Å². The summed E-state index contributed by atoms with van der Waals surface area (Å²) in [6, 6.07) is 10.5. The SMILES string of the molecule is O=C1CCC(N2Cc3cc(CN4CCC(N5CCOc6cc(F)ccc65)CC4)ccc3C2=O)C(=O)N1. The summed E-state index contributed by atoms with van der Waals surface area (Å²) in [7, 11) is 0. The molecule has 9 heteroatoms. The van der Waals surface area contributed by atoms with Crippen molar-refractivity contribution in [3.63, 3.8) is 0 Å². The molecule has 0 saturated carbocycles. The molecular formula is C27H29FN4O4. The minimum absolute atomic E-state index is 0.141. The maximum absolute atomic E-state index is 13.6. The monoisotopic (exact) mass is 492 g/mol. The smallest absolute Gasteiger partial charge is 0.255 e. The molecule has 4 aliphatic heterocycles. The van der Waals surface area contributed by atoms with Crippen molar-refractivity contribution in [1.29, 1.82) is 0 Å². The fourth-order valence-corrected chi connectivity index (χ4v) is 5.97. The number of carbonyl (C=O) groups excluding carboxylic acids is 3. The molecule has 1 unspecified atom stereocenters. The Balaban J connectivity index is 1.08. The third-order valence-electron chi connectivity index (χ3n) is 7.81. The average Bonchev–Trinajstić information content (AvgIpc) is 3.19. The number of carbonyl (C=O) groups is 3. The Labute approximate surface area is 209 Å². The molecule has 0 spiro atoms. The molecule has 0 aromatic heterocycles. The Morgan fingerprint density at radius 3 is 2.61 bits per heavy atom. The van der Waals surface area contributed by atoms with Crippen molar-refractivity contribution in [2.75, 3.05) is 31.1 Å². The van der Waals surface area contributed by atoms with Gasteiger partial charge in [0.15, 0.2) is 0 Å². The summed E-state index contributed by atoms with van der Waals surface area (Å²) in [6.45, 7) is 4.49. The molecule has 0 bridgehead atoms. The third kappa shape index (κ3) is 4.21. The van der Waals surface area contributed by atoms with Gasteiger partial charge >= 0.3 is 0 Å². The van der Waals surface area contributed by atoms with E-state index in [-0.39, 0.29) is 30.0 Å². The van der Waals surface area contributed by atoms with Crippen LogP contribution in [0.1, 0.15) is 47.2 Å². The molecule has 1 atom stereocenters. The summed E-state index contributed by atoms with van der Waals surface area (Å²) in [6.07, 6.45) is 2.66. The van der Waals surface area contributed by atoms with Crippen LogP contribution in [0.15, 0.2) is 36.4 Å². The lowest BCUT2D eigenvalue weighted by atomic mass is 10.00. The summed E-state index contributed by atoms with van der Waals surface area (Å²) >= 11 is 0. The number of ether oxygens (including phenoxy) is 1. The minimum atomic E-state index is -0.591. The van der Waals surface area contributed by atoms with Gasteiger partial charge in [-0.05, 0) is 48.6 Å². The maximum atomic E-state index is 13.6. The number of hydrogen-bond donors (Lipinski definition) is 1. The highest BCUT2D eigenvalue weighted by Crippen LogP contribution is 2.36. The molecule has 0 radical (unpaired) electrons. The molecule has 8 nitrogen and oxygen atoms in total. The first-order valence-corrected chi connectivity index (χ1v) is 12.6. The van der Waals surface area contributed by atoms with Crippen molar-refractivity contribution < 1.29 is 23.5 Å². The van der Waals surface area contributed by atoms with Gasteiger partial charge in [0.25, 0.3) is 5.91 Å². The molecular weight excluding hydrogens is 463 g/mol. The van der Waals surface area contributed by atoms with E-state index in [0.29, 0.717) is 36.9 Å². The van der Waals surface area contributed by atoms with Crippen molar-refractivity contribution in [1.82, 2.24) is 15.1 Å². The number of rotatable bonds is 4. The van der Waals surface area contributed by atoms with E-state index in [1.807, 2.05) is 18.2 Å². The summed E-state index contributed by atoms with van der Waals surface area (Å²) in [5.41, 5.74) is 3.71. The van der Waals surface area contributed by atoms with Gasteiger partial charge in [-0.1, -0.05) is 12.1 Å². The van der Waals surface area contributed by atoms with Crippen LogP contribution in [-0.4, -0.2) is 65.8 Å². The third-order valence-corrected chi connectivity index (χ3v) is 7.81. The summed E-state index contributed by atoms with van der Waals surface area (Å²) < 4.78 is 19.3. The first kappa shape index (κ1) is 23.0. The van der Waals surface area contributed by atoms with Crippen LogP contribution in [0.4, 0.5) is 10.1 Å². The van der Waals surface area contributed by atoms with E-state index in [1.165, 1.54) is 12.1 Å². The topological polar surface area (TPSA) is 82.2 Å². The lowest BCUT2D eigenvalue weighted by Gasteiger charge is -2.42. The number of hydrogen-bond acceptors (Lipinski definition) is 6. The van der Waals surface area contributed by atoms with Crippen LogP contribution in [0, 0.1) is 5.82 Å². The Morgan fingerprint density at radius 1 is 0.972 bits per heavy atom. The van der Waals surface area contributed by atoms with Crippen LogP contribution in [0.25, 0.3) is 0 Å². The van der Waals surface area contributed by atoms with E-state index in [1.54, 1.807) is 4.90 Å². The number of amides is 3. The summed E-state index contributed by atoms with van der Waals surface area (Å²) in [5.74, 6) is -0.455. The van der Waals surface area contributed by atoms with Crippen LogP contribution >= 0.6 is 0 Å². The van der Waals surface area contributed by atoms with Gasteiger partial charge in [0, 0.05) is 50.3 Å². The molecule has 3 amide bonds. The van der Waals surface area contributed by atoms with E-state index in [0.717, 1.165) is 55.8 Å². The minimum Gasteiger partial charge on any atom is -0.489 e. The van der Waals surface area contributed by atoms with Crippen LogP contribution in [0.2, 0.25) is 0 Å². The molecule has 4 heterocycles. The number of nitrogens with one attached hydrogen (secondary N) is 1. The number of piperidine rings is 2. The molecule has 2 saturated heterocycles. The summed E-state index contributed by atoms with van der Waals surface area (Å²) in [5, 5.41) is 2.35. The van der Waals surface area contributed by atoms with Crippen molar-refractivity contribution >= 4 is 23.4 Å². The second-order valence-electron chi connectivity index (χ2n) is 10.1. The average molecular weight is 493 g/mol. The molecule has 2 fully saturated rings. The van der Waals surface area contributed by atoms with E-state index >= 15 is 0 Å². The van der Waals surface area contributed by atoms with E-state index in [2.05, 4.69) is 21.2 Å². The predicted molar refractivity (Wildman–Crippen MR) is 130 cm³/mol. The number of likely N-dealkylation sites (tertiary alicyclic amines) is 1. The zero-order chi connectivity index (χ0) is 24.8. The van der Waals surface area contributed by atoms with E-state index < -0.39 is 6.04 Å². The first-order valence-electron chi connectivity index (χ1n) is 12.6. The Kier molecular flexibility index (Phi) is 5.87. The van der Waals surface area contributed by atoms with E-state index in [4.69, 9.17) is 4.74 Å². The van der Waals surface area contributed by atoms with Gasteiger partial charge in [-0.2, -0.15) is 0 Å². The second kappa shape index (κ2) is 9.20. The van der Waals surface area contributed by atoms with Gasteiger partial charge in [0.05, 0.1) is 12.2 Å². The highest BCUT2D eigenvalue weighted by Gasteiger charge is 2.39. The fourth-order valence-electron chi connectivity index (χ4n) is 5.97. The molecule has 2 aromatic rings. The van der Waals surface area contributed by atoms with Crippen molar-refractivity contribution in [3.05, 3.63) is 58.9 Å². The number of benzene rings is 2. The maximum Gasteiger partial charge on any atom is 0.255 e. The largest absolute Gasteiger partial charge is 0.489 e.